The number of carbonyl (C=O) groups is 2. The third-order valence-electron chi connectivity index (χ3n) is 4.23. The van der Waals surface area contributed by atoms with E-state index in [4.69, 9.17) is 4.74 Å². The minimum atomic E-state index is -0.731. The second-order valence-electron chi connectivity index (χ2n) is 6.05. The summed E-state index contributed by atoms with van der Waals surface area (Å²) in [6.07, 6.45) is 0.994. The molecular weight excluding hydrogens is 376 g/mol. The summed E-state index contributed by atoms with van der Waals surface area (Å²) < 4.78 is 14.7. The number of esters is 2. The van der Waals surface area contributed by atoms with Crippen molar-refractivity contribution in [3.05, 3.63) is 58.4 Å². The molecule has 0 atom stereocenters. The van der Waals surface area contributed by atoms with E-state index < -0.39 is 11.9 Å². The predicted octanol–water partition coefficient (Wildman–Crippen LogP) is 2.72. The molecular formula is C21H20N2O6. The van der Waals surface area contributed by atoms with Gasteiger partial charge in [0.2, 0.25) is 0 Å². The Morgan fingerprint density at radius 2 is 1.83 bits per heavy atom. The van der Waals surface area contributed by atoms with Gasteiger partial charge in [0.1, 0.15) is 11.4 Å². The number of H-pyrrole nitrogens is 1. The van der Waals surface area contributed by atoms with E-state index in [0.29, 0.717) is 39.8 Å². The topological polar surface area (TPSA) is 107 Å². The molecule has 0 aliphatic rings. The molecule has 150 valence electrons. The second-order valence-corrected chi connectivity index (χ2v) is 6.05. The molecule has 0 aliphatic heterocycles. The minimum Gasteiger partial charge on any atom is -0.494 e. The van der Waals surface area contributed by atoms with Gasteiger partial charge < -0.3 is 24.5 Å². The van der Waals surface area contributed by atoms with Crippen LogP contribution in [-0.4, -0.2) is 37.7 Å². The molecule has 2 aromatic carbocycles. The highest BCUT2D eigenvalue weighted by atomic mass is 16.5. The third kappa shape index (κ3) is 4.21. The van der Waals surface area contributed by atoms with Crippen LogP contribution < -0.4 is 15.5 Å². The van der Waals surface area contributed by atoms with Gasteiger partial charge in [-0.1, -0.05) is 0 Å². The van der Waals surface area contributed by atoms with Crippen LogP contribution in [0.25, 0.3) is 21.8 Å². The molecule has 1 heterocycles. The highest BCUT2D eigenvalue weighted by molar-refractivity contribution is 6.00. The Morgan fingerprint density at radius 1 is 1.03 bits per heavy atom. The number of anilines is 1. The quantitative estimate of drug-likeness (QED) is 0.375. The Morgan fingerprint density at radius 3 is 2.52 bits per heavy atom. The van der Waals surface area contributed by atoms with E-state index in [1.54, 1.807) is 36.4 Å². The number of benzene rings is 2. The lowest BCUT2D eigenvalue weighted by atomic mass is 10.1. The monoisotopic (exact) mass is 396 g/mol. The fourth-order valence-corrected chi connectivity index (χ4v) is 2.88. The number of carbonyl (C=O) groups excluding carboxylic acids is 2. The lowest BCUT2D eigenvalue weighted by Crippen LogP contribution is -2.15. The van der Waals surface area contributed by atoms with E-state index in [1.807, 2.05) is 6.92 Å². The number of fused-ring (bicyclic) bond motifs is 2. The molecule has 1 aromatic heterocycles. The van der Waals surface area contributed by atoms with Gasteiger partial charge in [0, 0.05) is 16.5 Å². The number of hydrogen-bond donors (Lipinski definition) is 2. The number of ether oxygens (including phenoxy) is 3. The lowest BCUT2D eigenvalue weighted by Gasteiger charge is -2.11. The van der Waals surface area contributed by atoms with Crippen LogP contribution in [0.4, 0.5) is 5.69 Å². The molecule has 2 N–H and O–H groups in total. The maximum atomic E-state index is 12.9. The Bertz CT molecular complexity index is 1180. The van der Waals surface area contributed by atoms with E-state index >= 15 is 0 Å². The summed E-state index contributed by atoms with van der Waals surface area (Å²) in [5.74, 6) is -0.812. The van der Waals surface area contributed by atoms with Gasteiger partial charge in [-0.3, -0.25) is 4.79 Å². The van der Waals surface area contributed by atoms with Crippen LogP contribution in [0.15, 0.2) is 53.0 Å². The predicted molar refractivity (Wildman–Crippen MR) is 109 cm³/mol. The van der Waals surface area contributed by atoms with E-state index in [2.05, 4.69) is 19.8 Å². The number of rotatable bonds is 6. The van der Waals surface area contributed by atoms with Gasteiger partial charge in [0.15, 0.2) is 5.43 Å². The van der Waals surface area contributed by atoms with E-state index in [-0.39, 0.29) is 11.1 Å². The molecule has 0 radical (unpaired) electrons. The maximum Gasteiger partial charge on any atom is 0.354 e. The van der Waals surface area contributed by atoms with Crippen molar-refractivity contribution in [2.45, 2.75) is 6.92 Å². The number of aromatic amines is 1. The molecule has 0 fully saturated rings. The zero-order chi connectivity index (χ0) is 21.0. The van der Waals surface area contributed by atoms with Gasteiger partial charge in [-0.25, -0.2) is 9.59 Å². The molecule has 8 nitrogen and oxygen atoms in total. The molecule has 3 aromatic rings. The number of nitrogens with one attached hydrogen (secondary N) is 2. The summed E-state index contributed by atoms with van der Waals surface area (Å²) >= 11 is 0. The van der Waals surface area contributed by atoms with Gasteiger partial charge >= 0.3 is 11.9 Å². The van der Waals surface area contributed by atoms with Crippen LogP contribution in [0.3, 0.4) is 0 Å². The highest BCUT2D eigenvalue weighted by Gasteiger charge is 2.14. The molecule has 8 heteroatoms. The summed E-state index contributed by atoms with van der Waals surface area (Å²) in [4.78, 5) is 39.5. The SMILES string of the molecule is CCOc1ccc2[nH]c3cc(N/C(=C/C(=O)OC)C(=O)OC)ccc3c(=O)c2c1. The summed E-state index contributed by atoms with van der Waals surface area (Å²) in [6.45, 7) is 2.38. The van der Waals surface area contributed by atoms with Gasteiger partial charge in [-0.05, 0) is 43.3 Å². The first-order chi connectivity index (χ1) is 14.0. The second kappa shape index (κ2) is 8.47. The first-order valence-corrected chi connectivity index (χ1v) is 8.84. The third-order valence-corrected chi connectivity index (χ3v) is 4.23. The van der Waals surface area contributed by atoms with Crippen LogP contribution >= 0.6 is 0 Å². The van der Waals surface area contributed by atoms with Crippen LogP contribution in [0.5, 0.6) is 5.75 Å². The zero-order valence-electron chi connectivity index (χ0n) is 16.2. The maximum absolute atomic E-state index is 12.9. The standard InChI is InChI=1S/C21H20N2O6/c1-4-29-13-6-8-16-15(10-13)20(25)14-7-5-12(9-17(14)23-16)22-18(21(26)28-3)11-19(24)27-2/h5-11,22H,4H2,1-3H3,(H,23,25)/b18-11+. The molecule has 0 aliphatic carbocycles. The smallest absolute Gasteiger partial charge is 0.354 e. The highest BCUT2D eigenvalue weighted by Crippen LogP contribution is 2.22. The molecule has 0 saturated carbocycles. The van der Waals surface area contributed by atoms with Crippen LogP contribution in [0.2, 0.25) is 0 Å². The fraction of sp³-hybridized carbons (Fsp3) is 0.190. The Kier molecular flexibility index (Phi) is 5.82. The van der Waals surface area contributed by atoms with Crippen molar-refractivity contribution in [3.63, 3.8) is 0 Å². The van der Waals surface area contributed by atoms with Crippen LogP contribution in [-0.2, 0) is 19.1 Å². The van der Waals surface area contributed by atoms with Crippen LogP contribution in [0.1, 0.15) is 6.92 Å². The fourth-order valence-electron chi connectivity index (χ4n) is 2.88. The van der Waals surface area contributed by atoms with Gasteiger partial charge in [-0.2, -0.15) is 0 Å². The van der Waals surface area contributed by atoms with Crippen molar-refractivity contribution in [1.29, 1.82) is 0 Å². The summed E-state index contributed by atoms with van der Waals surface area (Å²) in [5.41, 5.74) is 1.47. The molecule has 0 saturated heterocycles. The van der Waals surface area contributed by atoms with E-state index in [0.717, 1.165) is 6.08 Å². The normalized spacial score (nSPS) is 11.3. The average molecular weight is 396 g/mol. The first-order valence-electron chi connectivity index (χ1n) is 8.84. The van der Waals surface area contributed by atoms with Crippen LogP contribution in [0, 0.1) is 0 Å². The van der Waals surface area contributed by atoms with Crippen molar-refractivity contribution < 1.29 is 23.8 Å². The average Bonchev–Trinajstić information content (AvgIpc) is 2.73. The Hall–Kier alpha value is -3.81. The first kappa shape index (κ1) is 19.9. The van der Waals surface area contributed by atoms with Crippen molar-refractivity contribution in [3.8, 4) is 5.75 Å². The van der Waals surface area contributed by atoms with Gasteiger partial charge in [-0.15, -0.1) is 0 Å². The largest absolute Gasteiger partial charge is 0.494 e. The zero-order valence-corrected chi connectivity index (χ0v) is 16.2. The number of aromatic nitrogens is 1. The summed E-state index contributed by atoms with van der Waals surface area (Å²) in [5, 5.41) is 3.82. The van der Waals surface area contributed by atoms with Crippen molar-refractivity contribution >= 4 is 39.4 Å². The lowest BCUT2D eigenvalue weighted by molar-refractivity contribution is -0.138. The van der Waals surface area contributed by atoms with E-state index in [1.165, 1.54) is 14.2 Å². The summed E-state index contributed by atoms with van der Waals surface area (Å²) in [6, 6.07) is 10.2. The molecule has 29 heavy (non-hydrogen) atoms. The molecule has 0 amide bonds. The molecule has 3 rings (SSSR count). The van der Waals surface area contributed by atoms with Gasteiger partial charge in [0.05, 0.1) is 37.9 Å². The molecule has 0 bridgehead atoms. The van der Waals surface area contributed by atoms with Crippen molar-refractivity contribution in [2.24, 2.45) is 0 Å². The molecule has 0 unspecified atom stereocenters. The van der Waals surface area contributed by atoms with Crippen molar-refractivity contribution in [2.75, 3.05) is 26.1 Å². The Balaban J connectivity index is 2.05. The number of methoxy groups -OCH3 is 2. The number of pyridine rings is 1. The number of hydrogen-bond acceptors (Lipinski definition) is 7. The molecule has 0 spiro atoms. The van der Waals surface area contributed by atoms with Crippen molar-refractivity contribution in [1.82, 2.24) is 4.98 Å². The summed E-state index contributed by atoms with van der Waals surface area (Å²) in [7, 11) is 2.41. The van der Waals surface area contributed by atoms with E-state index in [9.17, 15) is 14.4 Å². The minimum absolute atomic E-state index is 0.0943. The Labute approximate surface area is 166 Å². The van der Waals surface area contributed by atoms with Gasteiger partial charge in [0.25, 0.3) is 0 Å².